The first kappa shape index (κ1) is 20.1. The second-order valence-electron chi connectivity index (χ2n) is 8.79. The summed E-state index contributed by atoms with van der Waals surface area (Å²) in [5.41, 5.74) is 0.600. The molecule has 0 aromatic heterocycles. The maximum Gasteiger partial charge on any atom is 0.251 e. The van der Waals surface area contributed by atoms with Crippen molar-refractivity contribution in [3.63, 3.8) is 0 Å². The average molecular weight is 395 g/mol. The Labute approximate surface area is 162 Å². The molecule has 2 fully saturated rings. The van der Waals surface area contributed by atoms with E-state index in [1.165, 1.54) is 39.8 Å². The van der Waals surface area contributed by atoms with Gasteiger partial charge in [0.05, 0.1) is 7.11 Å². The van der Waals surface area contributed by atoms with Gasteiger partial charge in [-0.25, -0.2) is 12.7 Å². The van der Waals surface area contributed by atoms with E-state index in [1.54, 1.807) is 6.07 Å². The number of benzene rings is 1. The van der Waals surface area contributed by atoms with Crippen molar-refractivity contribution in [3.05, 3.63) is 23.8 Å². The smallest absolute Gasteiger partial charge is 0.251 e. The number of nitrogens with one attached hydrogen (secondary N) is 1. The van der Waals surface area contributed by atoms with E-state index >= 15 is 0 Å². The van der Waals surface area contributed by atoms with Gasteiger partial charge in [0, 0.05) is 25.7 Å². The fraction of sp³-hybridized carbons (Fsp3) is 0.650. The first-order valence-corrected chi connectivity index (χ1v) is 10.8. The Balaban J connectivity index is 1.89. The summed E-state index contributed by atoms with van der Waals surface area (Å²) < 4.78 is 31.5. The molecule has 2 aliphatic carbocycles. The summed E-state index contributed by atoms with van der Waals surface area (Å²) in [6.45, 7) is 6.86. The Bertz CT molecular complexity index is 863. The predicted octanol–water partition coefficient (Wildman–Crippen LogP) is 2.89. The molecule has 1 aromatic rings. The zero-order valence-corrected chi connectivity index (χ0v) is 17.8. The van der Waals surface area contributed by atoms with E-state index in [4.69, 9.17) is 4.74 Å². The fourth-order valence-electron chi connectivity index (χ4n) is 4.88. The Hall–Kier alpha value is -1.60. The molecule has 0 spiro atoms. The van der Waals surface area contributed by atoms with Crippen molar-refractivity contribution in [1.29, 1.82) is 0 Å². The number of ether oxygens (including phenoxy) is 1. The number of carbonyl (C=O) groups is 1. The number of fused-ring (bicyclic) bond motifs is 2. The summed E-state index contributed by atoms with van der Waals surface area (Å²) >= 11 is 0. The van der Waals surface area contributed by atoms with Crippen LogP contribution in [-0.4, -0.2) is 45.9 Å². The van der Waals surface area contributed by atoms with Gasteiger partial charge in [0.1, 0.15) is 10.6 Å². The van der Waals surface area contributed by atoms with Gasteiger partial charge in [0.15, 0.2) is 0 Å². The topological polar surface area (TPSA) is 75.7 Å². The SMILES string of the molecule is COc1ccc(C(=O)N[C@@H]2C[C@@H]3CC[C@]2(C)C3(C)C)cc1S(=O)(=O)N(C)C. The number of amides is 1. The predicted molar refractivity (Wildman–Crippen MR) is 104 cm³/mol. The van der Waals surface area contributed by atoms with Gasteiger partial charge in [-0.15, -0.1) is 0 Å². The van der Waals surface area contributed by atoms with Crippen molar-refractivity contribution in [3.8, 4) is 5.75 Å². The second kappa shape index (κ2) is 6.48. The first-order chi connectivity index (χ1) is 12.4. The molecule has 6 nitrogen and oxygen atoms in total. The third-order valence-electron chi connectivity index (χ3n) is 7.28. The quantitative estimate of drug-likeness (QED) is 0.833. The van der Waals surface area contributed by atoms with E-state index in [0.29, 0.717) is 11.5 Å². The van der Waals surface area contributed by atoms with Crippen LogP contribution in [0.15, 0.2) is 23.1 Å². The summed E-state index contributed by atoms with van der Waals surface area (Å²) in [6, 6.07) is 4.67. The molecular weight excluding hydrogens is 364 g/mol. The van der Waals surface area contributed by atoms with Crippen LogP contribution in [0.2, 0.25) is 0 Å². The lowest BCUT2D eigenvalue weighted by molar-refractivity contribution is 0.0826. The second-order valence-corrected chi connectivity index (χ2v) is 10.9. The van der Waals surface area contributed by atoms with Gasteiger partial charge in [-0.3, -0.25) is 4.79 Å². The number of hydrogen-bond donors (Lipinski definition) is 1. The lowest BCUT2D eigenvalue weighted by atomic mass is 9.69. The van der Waals surface area contributed by atoms with Gasteiger partial charge in [-0.05, 0) is 54.2 Å². The Kier molecular flexibility index (Phi) is 4.84. The lowest BCUT2D eigenvalue weighted by Crippen LogP contribution is -2.46. The van der Waals surface area contributed by atoms with Crippen LogP contribution in [0.5, 0.6) is 5.75 Å². The Morgan fingerprint density at radius 1 is 1.26 bits per heavy atom. The fourth-order valence-corrected chi connectivity index (χ4v) is 5.95. The van der Waals surface area contributed by atoms with Crippen LogP contribution in [0.4, 0.5) is 0 Å². The standard InChI is InChI=1S/C20H30N2O4S/c1-19(2)14-9-10-20(19,3)17(12-14)21-18(23)13-7-8-15(26-6)16(11-13)27(24,25)22(4)5/h7-8,11,14,17H,9-10,12H2,1-6H3,(H,21,23)/t14-,17+,20-/m0/s1. The van der Waals surface area contributed by atoms with Crippen molar-refractivity contribution in [1.82, 2.24) is 9.62 Å². The van der Waals surface area contributed by atoms with E-state index in [1.807, 2.05) is 0 Å². The highest BCUT2D eigenvalue weighted by atomic mass is 32.2. The van der Waals surface area contributed by atoms with Crippen molar-refractivity contribution in [2.24, 2.45) is 16.7 Å². The van der Waals surface area contributed by atoms with Crippen LogP contribution >= 0.6 is 0 Å². The van der Waals surface area contributed by atoms with Gasteiger partial charge in [0.25, 0.3) is 5.91 Å². The van der Waals surface area contributed by atoms with Crippen LogP contribution in [0.3, 0.4) is 0 Å². The molecule has 150 valence electrons. The van der Waals surface area contributed by atoms with Gasteiger partial charge in [-0.2, -0.15) is 0 Å². The molecule has 27 heavy (non-hydrogen) atoms. The van der Waals surface area contributed by atoms with E-state index in [-0.39, 0.29) is 33.4 Å². The van der Waals surface area contributed by atoms with Crippen LogP contribution in [0, 0.1) is 16.7 Å². The third kappa shape index (κ3) is 2.95. The molecule has 2 aliphatic rings. The minimum absolute atomic E-state index is 0.00198. The maximum atomic E-state index is 12.9. The molecule has 2 bridgehead atoms. The molecule has 0 unspecified atom stereocenters. The Morgan fingerprint density at radius 2 is 1.93 bits per heavy atom. The lowest BCUT2D eigenvalue weighted by Gasteiger charge is -2.39. The van der Waals surface area contributed by atoms with E-state index < -0.39 is 10.0 Å². The van der Waals surface area contributed by atoms with Crippen LogP contribution in [-0.2, 0) is 10.0 Å². The average Bonchev–Trinajstić information content (AvgIpc) is 2.94. The number of methoxy groups -OCH3 is 1. The molecule has 0 heterocycles. The summed E-state index contributed by atoms with van der Waals surface area (Å²) in [4.78, 5) is 12.9. The first-order valence-electron chi connectivity index (χ1n) is 9.36. The number of rotatable bonds is 5. The highest BCUT2D eigenvalue weighted by molar-refractivity contribution is 7.89. The Morgan fingerprint density at radius 3 is 2.41 bits per heavy atom. The molecule has 7 heteroatoms. The monoisotopic (exact) mass is 394 g/mol. The molecule has 1 aromatic carbocycles. The van der Waals surface area contributed by atoms with Crippen LogP contribution in [0.1, 0.15) is 50.4 Å². The molecule has 0 saturated heterocycles. The molecule has 3 atom stereocenters. The van der Waals surface area contributed by atoms with E-state index in [2.05, 4.69) is 26.1 Å². The summed E-state index contributed by atoms with van der Waals surface area (Å²) in [7, 11) is 0.621. The molecular formula is C20H30N2O4S. The number of carbonyl (C=O) groups excluding carboxylic acids is 1. The van der Waals surface area contributed by atoms with Crippen LogP contribution < -0.4 is 10.1 Å². The molecule has 0 radical (unpaired) electrons. The summed E-state index contributed by atoms with van der Waals surface area (Å²) in [5.74, 6) is 0.615. The summed E-state index contributed by atoms with van der Waals surface area (Å²) in [5, 5.41) is 3.18. The van der Waals surface area contributed by atoms with E-state index in [9.17, 15) is 13.2 Å². The minimum atomic E-state index is -3.71. The molecule has 3 rings (SSSR count). The van der Waals surface area contributed by atoms with Crippen molar-refractivity contribution >= 4 is 15.9 Å². The number of hydrogen-bond acceptors (Lipinski definition) is 4. The van der Waals surface area contributed by atoms with Gasteiger partial charge in [-0.1, -0.05) is 20.8 Å². The van der Waals surface area contributed by atoms with Crippen molar-refractivity contribution in [2.75, 3.05) is 21.2 Å². The minimum Gasteiger partial charge on any atom is -0.495 e. The van der Waals surface area contributed by atoms with Gasteiger partial charge < -0.3 is 10.1 Å². The zero-order valence-electron chi connectivity index (χ0n) is 17.0. The van der Waals surface area contributed by atoms with Crippen molar-refractivity contribution < 1.29 is 17.9 Å². The largest absolute Gasteiger partial charge is 0.495 e. The summed E-state index contributed by atoms with van der Waals surface area (Å²) in [6.07, 6.45) is 3.30. The number of sulfonamides is 1. The molecule has 1 amide bonds. The maximum absolute atomic E-state index is 12.9. The van der Waals surface area contributed by atoms with Gasteiger partial charge >= 0.3 is 0 Å². The van der Waals surface area contributed by atoms with Crippen molar-refractivity contribution in [2.45, 2.75) is 51.0 Å². The van der Waals surface area contributed by atoms with Crippen LogP contribution in [0.25, 0.3) is 0 Å². The zero-order chi connectivity index (χ0) is 20.2. The number of nitrogens with zero attached hydrogens (tertiary/aromatic N) is 1. The van der Waals surface area contributed by atoms with Gasteiger partial charge in [0.2, 0.25) is 10.0 Å². The highest BCUT2D eigenvalue weighted by Gasteiger charge is 2.61. The highest BCUT2D eigenvalue weighted by Crippen LogP contribution is 2.65. The molecule has 2 saturated carbocycles. The normalized spacial score (nSPS) is 29.1. The van der Waals surface area contributed by atoms with E-state index in [0.717, 1.165) is 17.1 Å². The third-order valence-corrected chi connectivity index (χ3v) is 9.12. The molecule has 1 N–H and O–H groups in total. The molecule has 0 aliphatic heterocycles.